The average Bonchev–Trinajstić information content (AvgIpc) is 2.91. The number of hydrogen-bond acceptors (Lipinski definition) is 4. The number of hydrogen-bond donors (Lipinski definition) is 1. The number of Topliss-reactive ketones (excluding diaryl/α,β-unsaturated/α-hetero) is 1. The molecule has 1 atom stereocenters. The summed E-state index contributed by atoms with van der Waals surface area (Å²) in [5.74, 6) is -0.128. The van der Waals surface area contributed by atoms with E-state index >= 15 is 0 Å². The van der Waals surface area contributed by atoms with Gasteiger partial charge in [0.1, 0.15) is 5.01 Å². The predicted molar refractivity (Wildman–Crippen MR) is 88.4 cm³/mol. The number of aromatic nitrogens is 1. The number of nitrogens with one attached hydrogen (secondary N) is 1. The molecule has 0 aliphatic carbocycles. The standard InChI is InChI=1S/C17H20N2O2S/c1-5-17(4,16-18-11(2)14(22-16)12(3)20)19-15(21)13-9-7-6-8-10-13/h6-10H,5H2,1-4H3,(H,19,21). The van der Waals surface area contributed by atoms with E-state index in [1.165, 1.54) is 18.3 Å². The number of aryl methyl sites for hydroxylation is 1. The molecule has 1 aromatic heterocycles. The van der Waals surface area contributed by atoms with Gasteiger partial charge in [0.05, 0.1) is 16.1 Å². The molecule has 1 unspecified atom stereocenters. The van der Waals surface area contributed by atoms with Crippen LogP contribution in [0.2, 0.25) is 0 Å². The molecule has 0 saturated carbocycles. The maximum atomic E-state index is 12.4. The number of carbonyl (C=O) groups excluding carboxylic acids is 2. The number of thiazole rings is 1. The van der Waals surface area contributed by atoms with Crippen molar-refractivity contribution in [1.29, 1.82) is 0 Å². The summed E-state index contributed by atoms with van der Waals surface area (Å²) in [5, 5.41) is 3.82. The van der Waals surface area contributed by atoms with Crippen molar-refractivity contribution in [3.05, 3.63) is 51.5 Å². The van der Waals surface area contributed by atoms with Gasteiger partial charge in [-0.05, 0) is 32.4 Å². The van der Waals surface area contributed by atoms with Crippen LogP contribution in [0.4, 0.5) is 0 Å². The Morgan fingerprint density at radius 3 is 2.41 bits per heavy atom. The van der Waals surface area contributed by atoms with Crippen LogP contribution in [0.5, 0.6) is 0 Å². The summed E-state index contributed by atoms with van der Waals surface area (Å²) in [4.78, 5) is 29.2. The summed E-state index contributed by atoms with van der Waals surface area (Å²) in [5.41, 5.74) is 0.749. The third-order valence-electron chi connectivity index (χ3n) is 3.72. The van der Waals surface area contributed by atoms with Crippen molar-refractivity contribution in [1.82, 2.24) is 10.3 Å². The summed E-state index contributed by atoms with van der Waals surface area (Å²) in [6, 6.07) is 9.09. The Morgan fingerprint density at radius 1 is 1.27 bits per heavy atom. The molecule has 0 aliphatic rings. The monoisotopic (exact) mass is 316 g/mol. The number of rotatable bonds is 5. The Labute approximate surface area is 134 Å². The first-order valence-electron chi connectivity index (χ1n) is 7.24. The van der Waals surface area contributed by atoms with Gasteiger partial charge in [0.25, 0.3) is 5.91 Å². The predicted octanol–water partition coefficient (Wildman–Crippen LogP) is 3.71. The molecule has 1 amide bonds. The van der Waals surface area contributed by atoms with Gasteiger partial charge >= 0.3 is 0 Å². The fourth-order valence-electron chi connectivity index (χ4n) is 2.16. The van der Waals surface area contributed by atoms with E-state index in [1.54, 1.807) is 12.1 Å². The molecule has 0 aliphatic heterocycles. The van der Waals surface area contributed by atoms with Gasteiger partial charge in [-0.2, -0.15) is 0 Å². The zero-order valence-electron chi connectivity index (χ0n) is 13.3. The van der Waals surface area contributed by atoms with Gasteiger partial charge in [-0.15, -0.1) is 11.3 Å². The molecule has 0 bridgehead atoms. The van der Waals surface area contributed by atoms with E-state index in [0.29, 0.717) is 16.9 Å². The summed E-state index contributed by atoms with van der Waals surface area (Å²) in [7, 11) is 0. The van der Waals surface area contributed by atoms with Crippen LogP contribution in [0.15, 0.2) is 30.3 Å². The highest BCUT2D eigenvalue weighted by atomic mass is 32.1. The zero-order chi connectivity index (χ0) is 16.3. The van der Waals surface area contributed by atoms with Gasteiger partial charge in [0.2, 0.25) is 0 Å². The minimum Gasteiger partial charge on any atom is -0.340 e. The second-order valence-electron chi connectivity index (χ2n) is 5.50. The first-order chi connectivity index (χ1) is 10.4. The topological polar surface area (TPSA) is 59.1 Å². The first kappa shape index (κ1) is 16.4. The normalized spacial score (nSPS) is 13.5. The quantitative estimate of drug-likeness (QED) is 0.855. The molecule has 0 spiro atoms. The lowest BCUT2D eigenvalue weighted by atomic mass is 9.99. The van der Waals surface area contributed by atoms with Crippen LogP contribution in [0, 0.1) is 6.92 Å². The molecule has 2 rings (SSSR count). The molecular formula is C17H20N2O2S. The van der Waals surface area contributed by atoms with Gasteiger partial charge in [-0.25, -0.2) is 4.98 Å². The van der Waals surface area contributed by atoms with Gasteiger partial charge in [-0.1, -0.05) is 25.1 Å². The smallest absolute Gasteiger partial charge is 0.252 e. The molecule has 4 nitrogen and oxygen atoms in total. The van der Waals surface area contributed by atoms with E-state index in [2.05, 4.69) is 10.3 Å². The van der Waals surface area contributed by atoms with Crippen LogP contribution in [0.3, 0.4) is 0 Å². The summed E-state index contributed by atoms with van der Waals surface area (Å²) >= 11 is 1.36. The minimum atomic E-state index is -0.587. The lowest BCUT2D eigenvalue weighted by Gasteiger charge is -2.27. The Kier molecular flexibility index (Phi) is 4.76. The number of ketones is 1. The SMILES string of the molecule is CCC(C)(NC(=O)c1ccccc1)c1nc(C)c(C(C)=O)s1. The fourth-order valence-corrected chi connectivity index (χ4v) is 3.30. The maximum Gasteiger partial charge on any atom is 0.252 e. The minimum absolute atomic E-state index is 0.00842. The van der Waals surface area contributed by atoms with Crippen molar-refractivity contribution in [2.45, 2.75) is 39.7 Å². The third-order valence-corrected chi connectivity index (χ3v) is 5.24. The molecule has 1 aromatic carbocycles. The molecule has 0 radical (unpaired) electrons. The fraction of sp³-hybridized carbons (Fsp3) is 0.353. The molecule has 22 heavy (non-hydrogen) atoms. The Balaban J connectivity index is 2.31. The second-order valence-corrected chi connectivity index (χ2v) is 6.49. The van der Waals surface area contributed by atoms with Crippen molar-refractivity contribution in [2.24, 2.45) is 0 Å². The van der Waals surface area contributed by atoms with E-state index in [0.717, 1.165) is 10.7 Å². The molecule has 2 aromatic rings. The van der Waals surface area contributed by atoms with E-state index in [4.69, 9.17) is 0 Å². The van der Waals surface area contributed by atoms with Gasteiger partial charge in [0.15, 0.2) is 5.78 Å². The van der Waals surface area contributed by atoms with E-state index in [-0.39, 0.29) is 11.7 Å². The lowest BCUT2D eigenvalue weighted by molar-refractivity contribution is 0.0901. The molecule has 0 fully saturated rings. The van der Waals surface area contributed by atoms with Gasteiger partial charge in [0, 0.05) is 12.5 Å². The molecule has 1 heterocycles. The lowest BCUT2D eigenvalue weighted by Crippen LogP contribution is -2.43. The Bertz CT molecular complexity index is 694. The highest BCUT2D eigenvalue weighted by Crippen LogP contribution is 2.31. The number of amides is 1. The van der Waals surface area contributed by atoms with Crippen molar-refractivity contribution in [3.8, 4) is 0 Å². The zero-order valence-corrected chi connectivity index (χ0v) is 14.1. The third kappa shape index (κ3) is 3.25. The van der Waals surface area contributed by atoms with Crippen LogP contribution in [0.1, 0.15) is 57.9 Å². The largest absolute Gasteiger partial charge is 0.340 e. The summed E-state index contributed by atoms with van der Waals surface area (Å²) < 4.78 is 0. The van der Waals surface area contributed by atoms with E-state index in [9.17, 15) is 9.59 Å². The van der Waals surface area contributed by atoms with Crippen LogP contribution >= 0.6 is 11.3 Å². The number of carbonyl (C=O) groups is 2. The molecule has 1 N–H and O–H groups in total. The van der Waals surface area contributed by atoms with E-state index < -0.39 is 5.54 Å². The van der Waals surface area contributed by atoms with Crippen LogP contribution in [-0.2, 0) is 5.54 Å². The van der Waals surface area contributed by atoms with E-state index in [1.807, 2.05) is 39.0 Å². The molecule has 0 saturated heterocycles. The van der Waals surface area contributed by atoms with Crippen molar-refractivity contribution in [2.75, 3.05) is 0 Å². The Hall–Kier alpha value is -2.01. The van der Waals surface area contributed by atoms with Crippen LogP contribution < -0.4 is 5.32 Å². The van der Waals surface area contributed by atoms with Gasteiger partial charge < -0.3 is 5.32 Å². The first-order valence-corrected chi connectivity index (χ1v) is 8.05. The molecular weight excluding hydrogens is 296 g/mol. The van der Waals surface area contributed by atoms with Crippen molar-refractivity contribution >= 4 is 23.0 Å². The summed E-state index contributed by atoms with van der Waals surface area (Å²) in [6.45, 7) is 7.30. The highest BCUT2D eigenvalue weighted by Gasteiger charge is 2.31. The number of nitrogens with zero attached hydrogens (tertiary/aromatic N) is 1. The Morgan fingerprint density at radius 2 is 1.91 bits per heavy atom. The van der Waals surface area contributed by atoms with Crippen molar-refractivity contribution in [3.63, 3.8) is 0 Å². The number of benzene rings is 1. The maximum absolute atomic E-state index is 12.4. The average molecular weight is 316 g/mol. The highest BCUT2D eigenvalue weighted by molar-refractivity contribution is 7.14. The van der Waals surface area contributed by atoms with Crippen LogP contribution in [0.25, 0.3) is 0 Å². The van der Waals surface area contributed by atoms with Crippen molar-refractivity contribution < 1.29 is 9.59 Å². The second kappa shape index (κ2) is 6.40. The summed E-state index contributed by atoms with van der Waals surface area (Å²) in [6.07, 6.45) is 0.690. The van der Waals surface area contributed by atoms with Gasteiger partial charge in [-0.3, -0.25) is 9.59 Å². The molecule has 116 valence electrons. The molecule has 5 heteroatoms. The van der Waals surface area contributed by atoms with Crippen LogP contribution in [-0.4, -0.2) is 16.7 Å².